The lowest BCUT2D eigenvalue weighted by atomic mass is 10.3. The fraction of sp³-hybridized carbons (Fsp3) is 0.250. The molecule has 0 bridgehead atoms. The van der Waals surface area contributed by atoms with Crippen LogP contribution in [0.15, 0.2) is 51.5 Å². The average Bonchev–Trinajstić information content (AvgIpc) is 3.19. The van der Waals surface area contributed by atoms with E-state index in [1.54, 1.807) is 18.4 Å². The van der Waals surface area contributed by atoms with Crippen molar-refractivity contribution in [1.82, 2.24) is 20.0 Å². The zero-order chi connectivity index (χ0) is 16.1. The number of nitrogens with zero attached hydrogens (tertiary/aromatic N) is 3. The molecule has 2 N–H and O–H groups in total. The SMILES string of the molecule is CN=C(NCCc1cccs1)NCc1cn2cc(Br)ccc2n1.I. The van der Waals surface area contributed by atoms with Gasteiger partial charge < -0.3 is 15.0 Å². The van der Waals surface area contributed by atoms with Gasteiger partial charge in [0, 0.05) is 35.3 Å². The van der Waals surface area contributed by atoms with Crippen molar-refractivity contribution in [3.8, 4) is 0 Å². The smallest absolute Gasteiger partial charge is 0.191 e. The number of guanidine groups is 1. The molecular formula is C16H19BrIN5S. The zero-order valence-corrected chi connectivity index (χ0v) is 17.9. The number of rotatable bonds is 5. The molecule has 3 aromatic heterocycles. The van der Waals surface area contributed by atoms with E-state index in [0.717, 1.165) is 34.7 Å². The van der Waals surface area contributed by atoms with E-state index in [9.17, 15) is 0 Å². The number of aromatic nitrogens is 2. The highest BCUT2D eigenvalue weighted by Crippen LogP contribution is 2.12. The van der Waals surface area contributed by atoms with Crippen molar-refractivity contribution in [3.63, 3.8) is 0 Å². The Kier molecular flexibility index (Phi) is 7.50. The molecule has 0 aliphatic rings. The summed E-state index contributed by atoms with van der Waals surface area (Å²) in [7, 11) is 1.78. The van der Waals surface area contributed by atoms with Crippen molar-refractivity contribution in [1.29, 1.82) is 0 Å². The highest BCUT2D eigenvalue weighted by Gasteiger charge is 2.04. The van der Waals surface area contributed by atoms with E-state index < -0.39 is 0 Å². The lowest BCUT2D eigenvalue weighted by Gasteiger charge is -2.10. The van der Waals surface area contributed by atoms with Crippen molar-refractivity contribution in [2.75, 3.05) is 13.6 Å². The van der Waals surface area contributed by atoms with Gasteiger partial charge in [-0.05, 0) is 45.9 Å². The predicted octanol–water partition coefficient (Wildman–Crippen LogP) is 3.68. The van der Waals surface area contributed by atoms with Gasteiger partial charge in [0.25, 0.3) is 0 Å². The summed E-state index contributed by atoms with van der Waals surface area (Å²) in [6, 6.07) is 8.21. The molecule has 0 aliphatic heterocycles. The summed E-state index contributed by atoms with van der Waals surface area (Å²) >= 11 is 5.25. The van der Waals surface area contributed by atoms with Gasteiger partial charge in [0.1, 0.15) is 5.65 Å². The van der Waals surface area contributed by atoms with Crippen LogP contribution in [0.4, 0.5) is 0 Å². The second-order valence-corrected chi connectivity index (χ2v) is 6.97. The van der Waals surface area contributed by atoms with E-state index in [1.807, 2.05) is 28.9 Å². The first-order valence-corrected chi connectivity index (χ1v) is 9.02. The maximum atomic E-state index is 4.58. The maximum absolute atomic E-state index is 4.58. The molecule has 24 heavy (non-hydrogen) atoms. The second-order valence-electron chi connectivity index (χ2n) is 5.03. The van der Waals surface area contributed by atoms with Gasteiger partial charge in [-0.15, -0.1) is 35.3 Å². The molecule has 8 heteroatoms. The van der Waals surface area contributed by atoms with Crippen LogP contribution in [0, 0.1) is 0 Å². The van der Waals surface area contributed by atoms with E-state index in [0.29, 0.717) is 6.54 Å². The van der Waals surface area contributed by atoms with Crippen LogP contribution < -0.4 is 10.6 Å². The van der Waals surface area contributed by atoms with Gasteiger partial charge in [0.05, 0.1) is 12.2 Å². The van der Waals surface area contributed by atoms with Crippen molar-refractivity contribution >= 4 is 62.9 Å². The van der Waals surface area contributed by atoms with Gasteiger partial charge in [-0.3, -0.25) is 4.99 Å². The Bertz CT molecular complexity index is 800. The van der Waals surface area contributed by atoms with Crippen molar-refractivity contribution in [2.45, 2.75) is 13.0 Å². The molecule has 0 saturated carbocycles. The zero-order valence-electron chi connectivity index (χ0n) is 13.2. The van der Waals surface area contributed by atoms with Crippen molar-refractivity contribution < 1.29 is 0 Å². The number of pyridine rings is 1. The molecule has 5 nitrogen and oxygen atoms in total. The predicted molar refractivity (Wildman–Crippen MR) is 115 cm³/mol. The molecule has 0 saturated heterocycles. The lowest BCUT2D eigenvalue weighted by molar-refractivity contribution is 0.790. The van der Waals surface area contributed by atoms with Crippen molar-refractivity contribution in [2.24, 2.45) is 4.99 Å². The van der Waals surface area contributed by atoms with Crippen molar-refractivity contribution in [3.05, 3.63) is 57.1 Å². The third-order valence-electron chi connectivity index (χ3n) is 3.37. The Balaban J connectivity index is 0.00000208. The van der Waals surface area contributed by atoms with Gasteiger partial charge >= 0.3 is 0 Å². The van der Waals surface area contributed by atoms with Crippen LogP contribution in [0.5, 0.6) is 0 Å². The summed E-state index contributed by atoms with van der Waals surface area (Å²) in [5, 5.41) is 8.72. The first kappa shape index (κ1) is 19.2. The molecule has 3 aromatic rings. The minimum absolute atomic E-state index is 0. The first-order valence-electron chi connectivity index (χ1n) is 7.34. The average molecular weight is 520 g/mol. The number of thiophene rings is 1. The highest BCUT2D eigenvalue weighted by atomic mass is 127. The molecule has 0 aliphatic carbocycles. The van der Waals surface area contributed by atoms with Crippen LogP contribution in [0.25, 0.3) is 5.65 Å². The molecule has 0 aromatic carbocycles. The lowest BCUT2D eigenvalue weighted by Crippen LogP contribution is -2.37. The Morgan fingerprint density at radius 2 is 2.17 bits per heavy atom. The molecule has 0 amide bonds. The Labute approximate surface area is 170 Å². The molecule has 3 rings (SSSR count). The molecule has 0 spiro atoms. The molecule has 0 unspecified atom stereocenters. The number of halogens is 2. The summed E-state index contributed by atoms with van der Waals surface area (Å²) in [5.74, 6) is 0.791. The fourth-order valence-electron chi connectivity index (χ4n) is 2.26. The number of hydrogen-bond acceptors (Lipinski definition) is 3. The summed E-state index contributed by atoms with van der Waals surface area (Å²) < 4.78 is 3.04. The van der Waals surface area contributed by atoms with Crippen LogP contribution >= 0.6 is 51.2 Å². The van der Waals surface area contributed by atoms with Gasteiger partial charge in [-0.25, -0.2) is 4.98 Å². The van der Waals surface area contributed by atoms with Gasteiger partial charge in [0.2, 0.25) is 0 Å². The Morgan fingerprint density at radius 1 is 1.29 bits per heavy atom. The highest BCUT2D eigenvalue weighted by molar-refractivity contribution is 14.0. The summed E-state index contributed by atoms with van der Waals surface area (Å²) in [6.45, 7) is 1.50. The van der Waals surface area contributed by atoms with Crippen LogP contribution in [0.2, 0.25) is 0 Å². The van der Waals surface area contributed by atoms with Crippen LogP contribution in [-0.4, -0.2) is 28.9 Å². The Hall–Kier alpha value is -1.13. The van der Waals surface area contributed by atoms with E-state index in [2.05, 4.69) is 54.1 Å². The molecule has 0 atom stereocenters. The summed E-state index contributed by atoms with van der Waals surface area (Å²) in [6.07, 6.45) is 5.02. The first-order chi connectivity index (χ1) is 11.2. The molecule has 0 fully saturated rings. The van der Waals surface area contributed by atoms with E-state index in [4.69, 9.17) is 0 Å². The molecule has 128 valence electrons. The number of imidazole rings is 1. The molecule has 3 heterocycles. The quantitative estimate of drug-likeness (QED) is 0.307. The van der Waals surface area contributed by atoms with Gasteiger partial charge in [0.15, 0.2) is 5.96 Å². The number of nitrogens with one attached hydrogen (secondary N) is 2. The van der Waals surface area contributed by atoms with Gasteiger partial charge in [-0.1, -0.05) is 6.07 Å². The molecular weight excluding hydrogens is 501 g/mol. The van der Waals surface area contributed by atoms with Crippen LogP contribution in [0.3, 0.4) is 0 Å². The van der Waals surface area contributed by atoms with E-state index >= 15 is 0 Å². The topological polar surface area (TPSA) is 53.7 Å². The van der Waals surface area contributed by atoms with E-state index in [-0.39, 0.29) is 24.0 Å². The minimum atomic E-state index is 0. The normalized spacial score (nSPS) is 11.3. The Morgan fingerprint density at radius 3 is 2.92 bits per heavy atom. The summed E-state index contributed by atoms with van der Waals surface area (Å²) in [5.41, 5.74) is 1.91. The third-order valence-corrected chi connectivity index (χ3v) is 4.77. The van der Waals surface area contributed by atoms with Crippen LogP contribution in [0.1, 0.15) is 10.6 Å². The monoisotopic (exact) mass is 519 g/mol. The largest absolute Gasteiger partial charge is 0.356 e. The maximum Gasteiger partial charge on any atom is 0.191 e. The van der Waals surface area contributed by atoms with E-state index in [1.165, 1.54) is 4.88 Å². The van der Waals surface area contributed by atoms with Crippen LogP contribution in [-0.2, 0) is 13.0 Å². The molecule has 0 radical (unpaired) electrons. The fourth-order valence-corrected chi connectivity index (χ4v) is 3.32. The van der Waals surface area contributed by atoms with Gasteiger partial charge in [-0.2, -0.15) is 0 Å². The minimum Gasteiger partial charge on any atom is -0.356 e. The second kappa shape index (κ2) is 9.38. The number of aliphatic imine (C=N–C) groups is 1. The summed E-state index contributed by atoms with van der Waals surface area (Å²) in [4.78, 5) is 10.2. The number of fused-ring (bicyclic) bond motifs is 1. The third kappa shape index (κ3) is 5.18. The standard InChI is InChI=1S/C16H18BrN5S.HI/c1-18-16(19-7-6-14-3-2-8-23-14)20-9-13-11-22-10-12(17)4-5-15(22)21-13;/h2-5,8,10-11H,6-7,9H2,1H3,(H2,18,19,20);1H. The number of hydrogen-bond donors (Lipinski definition) is 2.